The van der Waals surface area contributed by atoms with E-state index in [1.807, 2.05) is 0 Å². The molecule has 0 heterocycles. The summed E-state index contributed by atoms with van der Waals surface area (Å²) in [6.45, 7) is 12.2. The molecule has 0 N–H and O–H groups in total. The van der Waals surface area contributed by atoms with Crippen LogP contribution < -0.4 is 0 Å². The Hall–Kier alpha value is -0.820. The Morgan fingerprint density at radius 2 is 2.00 bits per heavy atom. The van der Waals surface area contributed by atoms with Crippen LogP contribution in [0.1, 0.15) is 27.7 Å². The van der Waals surface area contributed by atoms with E-state index in [1.165, 1.54) is 5.57 Å². The van der Waals surface area contributed by atoms with Gasteiger partial charge in [0.05, 0.1) is 5.60 Å². The van der Waals surface area contributed by atoms with E-state index in [0.29, 0.717) is 0 Å². The van der Waals surface area contributed by atoms with Crippen molar-refractivity contribution in [1.82, 2.24) is 0 Å². The average Bonchev–Trinajstić information content (AvgIpc) is 1.93. The fourth-order valence-corrected chi connectivity index (χ4v) is 1.28. The quantitative estimate of drug-likeness (QED) is 0.599. The molecule has 1 unspecified atom stereocenters. The summed E-state index contributed by atoms with van der Waals surface area (Å²) < 4.78 is 5.81. The lowest BCUT2D eigenvalue weighted by Crippen LogP contribution is -2.27. The topological polar surface area (TPSA) is 9.23 Å². The molecule has 0 aromatic heterocycles. The molecule has 0 bridgehead atoms. The van der Waals surface area contributed by atoms with Crippen LogP contribution in [-0.2, 0) is 4.74 Å². The van der Waals surface area contributed by atoms with Crippen molar-refractivity contribution in [3.05, 3.63) is 36.0 Å². The van der Waals surface area contributed by atoms with Crippen LogP contribution in [0.3, 0.4) is 0 Å². The molecule has 1 aliphatic carbocycles. The Balaban J connectivity index is 2.66. The summed E-state index contributed by atoms with van der Waals surface area (Å²) in [6.07, 6.45) is 6.24. The van der Waals surface area contributed by atoms with Crippen LogP contribution in [0.15, 0.2) is 36.0 Å². The number of rotatable bonds is 1. The van der Waals surface area contributed by atoms with Gasteiger partial charge in [0.2, 0.25) is 0 Å². The maximum Gasteiger partial charge on any atom is 0.101 e. The largest absolute Gasteiger partial charge is 0.364 e. The van der Waals surface area contributed by atoms with Crippen LogP contribution in [0, 0.1) is 0 Å². The summed E-state index contributed by atoms with van der Waals surface area (Å²) in [5.74, 6) is 0. The number of hydrogen-bond acceptors (Lipinski definition) is 1. The minimum Gasteiger partial charge on any atom is -0.364 e. The van der Waals surface area contributed by atoms with E-state index >= 15 is 0 Å². The molecule has 0 fully saturated rings. The van der Waals surface area contributed by atoms with Gasteiger partial charge < -0.3 is 4.74 Å². The summed E-state index contributed by atoms with van der Waals surface area (Å²) in [6, 6.07) is 0. The SMILES string of the molecule is C=C1C=C(C)C=CC1OC(C)(C)C. The van der Waals surface area contributed by atoms with Crippen LogP contribution in [0.4, 0.5) is 0 Å². The maximum absolute atomic E-state index is 5.81. The van der Waals surface area contributed by atoms with Gasteiger partial charge >= 0.3 is 0 Å². The molecule has 1 nitrogen and oxygen atoms in total. The average molecular weight is 178 g/mol. The minimum atomic E-state index is -0.114. The molecule has 72 valence electrons. The number of allylic oxidation sites excluding steroid dienone is 2. The smallest absolute Gasteiger partial charge is 0.101 e. The lowest BCUT2D eigenvalue weighted by molar-refractivity contribution is -0.0214. The van der Waals surface area contributed by atoms with Gasteiger partial charge in [0, 0.05) is 0 Å². The zero-order chi connectivity index (χ0) is 10.1. The van der Waals surface area contributed by atoms with Gasteiger partial charge in [0.25, 0.3) is 0 Å². The molecule has 1 heteroatoms. The fraction of sp³-hybridized carbons (Fsp3) is 0.500. The van der Waals surface area contributed by atoms with Crippen molar-refractivity contribution < 1.29 is 4.74 Å². The molecule has 0 radical (unpaired) electrons. The van der Waals surface area contributed by atoms with Crippen LogP contribution >= 0.6 is 0 Å². The van der Waals surface area contributed by atoms with Crippen LogP contribution in [0.2, 0.25) is 0 Å². The molecular weight excluding hydrogens is 160 g/mol. The van der Waals surface area contributed by atoms with Gasteiger partial charge in [-0.2, -0.15) is 0 Å². The first-order chi connectivity index (χ1) is 5.88. The Bertz CT molecular complexity index is 263. The van der Waals surface area contributed by atoms with Crippen molar-refractivity contribution in [2.45, 2.75) is 39.4 Å². The predicted octanol–water partition coefficient (Wildman–Crippen LogP) is 3.24. The third kappa shape index (κ3) is 3.19. The molecule has 0 amide bonds. The Morgan fingerprint density at radius 3 is 2.46 bits per heavy atom. The van der Waals surface area contributed by atoms with Crippen molar-refractivity contribution in [2.24, 2.45) is 0 Å². The van der Waals surface area contributed by atoms with E-state index in [4.69, 9.17) is 4.74 Å². The third-order valence-corrected chi connectivity index (χ3v) is 1.79. The van der Waals surface area contributed by atoms with Gasteiger partial charge in [0.15, 0.2) is 0 Å². The van der Waals surface area contributed by atoms with Gasteiger partial charge in [-0.25, -0.2) is 0 Å². The summed E-state index contributed by atoms with van der Waals surface area (Å²) in [5.41, 5.74) is 2.16. The molecule has 13 heavy (non-hydrogen) atoms. The van der Waals surface area contributed by atoms with Gasteiger partial charge in [-0.05, 0) is 33.3 Å². The summed E-state index contributed by atoms with van der Waals surface area (Å²) >= 11 is 0. The number of hydrogen-bond donors (Lipinski definition) is 0. The highest BCUT2D eigenvalue weighted by Crippen LogP contribution is 2.22. The Morgan fingerprint density at radius 1 is 1.38 bits per heavy atom. The molecule has 1 atom stereocenters. The first kappa shape index (κ1) is 10.3. The molecule has 0 saturated carbocycles. The van der Waals surface area contributed by atoms with Gasteiger partial charge in [0.1, 0.15) is 6.10 Å². The van der Waals surface area contributed by atoms with Crippen LogP contribution in [0.5, 0.6) is 0 Å². The normalized spacial score (nSPS) is 23.2. The third-order valence-electron chi connectivity index (χ3n) is 1.79. The summed E-state index contributed by atoms with van der Waals surface area (Å²) in [7, 11) is 0. The van der Waals surface area contributed by atoms with E-state index in [2.05, 4.69) is 52.5 Å². The summed E-state index contributed by atoms with van der Waals surface area (Å²) in [4.78, 5) is 0. The van der Waals surface area contributed by atoms with Crippen molar-refractivity contribution in [3.8, 4) is 0 Å². The molecule has 0 aromatic carbocycles. The van der Waals surface area contributed by atoms with E-state index in [-0.39, 0.29) is 11.7 Å². The first-order valence-corrected chi connectivity index (χ1v) is 4.61. The lowest BCUT2D eigenvalue weighted by atomic mass is 10.0. The van der Waals surface area contributed by atoms with E-state index in [0.717, 1.165) is 5.57 Å². The van der Waals surface area contributed by atoms with E-state index in [9.17, 15) is 0 Å². The second-order valence-corrected chi connectivity index (χ2v) is 4.47. The monoisotopic (exact) mass is 178 g/mol. The Kier molecular flexibility index (Phi) is 2.77. The Labute approximate surface area is 80.8 Å². The van der Waals surface area contributed by atoms with Gasteiger partial charge in [-0.3, -0.25) is 0 Å². The highest BCUT2D eigenvalue weighted by atomic mass is 16.5. The fourth-order valence-electron chi connectivity index (χ4n) is 1.28. The highest BCUT2D eigenvalue weighted by molar-refractivity contribution is 5.37. The molecule has 0 saturated heterocycles. The molecular formula is C12H18O. The van der Waals surface area contributed by atoms with Crippen molar-refractivity contribution in [1.29, 1.82) is 0 Å². The second-order valence-electron chi connectivity index (χ2n) is 4.47. The van der Waals surface area contributed by atoms with Crippen LogP contribution in [0.25, 0.3) is 0 Å². The van der Waals surface area contributed by atoms with Crippen LogP contribution in [-0.4, -0.2) is 11.7 Å². The molecule has 0 aromatic rings. The van der Waals surface area contributed by atoms with Crippen molar-refractivity contribution >= 4 is 0 Å². The molecule has 1 rings (SSSR count). The van der Waals surface area contributed by atoms with Crippen molar-refractivity contribution in [2.75, 3.05) is 0 Å². The first-order valence-electron chi connectivity index (χ1n) is 4.61. The van der Waals surface area contributed by atoms with Gasteiger partial charge in [-0.1, -0.05) is 30.4 Å². The van der Waals surface area contributed by atoms with E-state index < -0.39 is 0 Å². The molecule has 0 spiro atoms. The minimum absolute atomic E-state index is 0.0451. The standard InChI is InChI=1S/C12H18O/c1-9-6-7-11(10(2)8-9)13-12(3,4)5/h6-8,11H,2H2,1,3-5H3. The summed E-state index contributed by atoms with van der Waals surface area (Å²) in [5, 5.41) is 0. The van der Waals surface area contributed by atoms with Gasteiger partial charge in [-0.15, -0.1) is 0 Å². The zero-order valence-corrected chi connectivity index (χ0v) is 8.92. The van der Waals surface area contributed by atoms with Crippen molar-refractivity contribution in [3.63, 3.8) is 0 Å². The van der Waals surface area contributed by atoms with E-state index in [1.54, 1.807) is 0 Å². The predicted molar refractivity (Wildman–Crippen MR) is 56.7 cm³/mol. The highest BCUT2D eigenvalue weighted by Gasteiger charge is 2.19. The second kappa shape index (κ2) is 3.51. The maximum atomic E-state index is 5.81. The lowest BCUT2D eigenvalue weighted by Gasteiger charge is -2.27. The molecule has 0 aliphatic heterocycles. The zero-order valence-electron chi connectivity index (χ0n) is 8.92. The molecule has 1 aliphatic rings. The number of ether oxygens (including phenoxy) is 1.